The summed E-state index contributed by atoms with van der Waals surface area (Å²) in [5.41, 5.74) is 2.23. The number of para-hydroxylation sites is 1. The number of nitroso groups, excluding NO2 is 1. The molecule has 0 saturated heterocycles. The molecule has 0 bridgehead atoms. The zero-order chi connectivity index (χ0) is 13.1. The van der Waals surface area contributed by atoms with Crippen LogP contribution >= 0.6 is 11.3 Å². The van der Waals surface area contributed by atoms with Gasteiger partial charge in [0.1, 0.15) is 0 Å². The maximum Gasteiger partial charge on any atom is 0.215 e. The van der Waals surface area contributed by atoms with Crippen LogP contribution in [0.3, 0.4) is 0 Å². The van der Waals surface area contributed by atoms with Crippen molar-refractivity contribution in [3.8, 4) is 0 Å². The summed E-state index contributed by atoms with van der Waals surface area (Å²) in [4.78, 5) is 11.1. The molecule has 1 aromatic heterocycles. The lowest BCUT2D eigenvalue weighted by molar-refractivity contribution is 0.788. The van der Waals surface area contributed by atoms with Crippen molar-refractivity contribution in [2.45, 2.75) is 6.54 Å². The van der Waals surface area contributed by atoms with Gasteiger partial charge in [0.2, 0.25) is 4.80 Å². The zero-order valence-corrected chi connectivity index (χ0v) is 10.9. The van der Waals surface area contributed by atoms with Gasteiger partial charge in [0.15, 0.2) is 0 Å². The van der Waals surface area contributed by atoms with Gasteiger partial charge in [0.25, 0.3) is 0 Å². The molecule has 0 fully saturated rings. The third kappa shape index (κ3) is 2.32. The van der Waals surface area contributed by atoms with Gasteiger partial charge >= 0.3 is 0 Å². The minimum absolute atomic E-state index is 0.625. The zero-order valence-electron chi connectivity index (χ0n) is 10.1. The summed E-state index contributed by atoms with van der Waals surface area (Å²) < 4.78 is 3.11. The fraction of sp³-hybridized carbons (Fsp3) is 0.0714. The van der Waals surface area contributed by atoms with E-state index in [0.717, 1.165) is 10.2 Å². The van der Waals surface area contributed by atoms with Gasteiger partial charge in [-0.1, -0.05) is 58.9 Å². The first-order valence-corrected chi connectivity index (χ1v) is 6.69. The molecule has 0 aliphatic heterocycles. The maximum absolute atomic E-state index is 10.4. The van der Waals surface area contributed by atoms with Crippen molar-refractivity contribution in [1.29, 1.82) is 0 Å². The lowest BCUT2D eigenvalue weighted by Crippen LogP contribution is -2.14. The van der Waals surface area contributed by atoms with E-state index in [4.69, 9.17) is 0 Å². The number of rotatable bonds is 3. The molecule has 94 valence electrons. The molecular formula is C14H11N3OS. The summed E-state index contributed by atoms with van der Waals surface area (Å²) in [6.45, 7) is 0.680. The molecule has 0 spiro atoms. The van der Waals surface area contributed by atoms with E-state index in [1.165, 1.54) is 16.9 Å². The molecule has 0 aliphatic rings. The van der Waals surface area contributed by atoms with Gasteiger partial charge in [-0.25, -0.2) is 0 Å². The van der Waals surface area contributed by atoms with E-state index >= 15 is 0 Å². The Morgan fingerprint density at radius 1 is 1.00 bits per heavy atom. The minimum atomic E-state index is 0.625. The molecule has 4 nitrogen and oxygen atoms in total. The number of aromatic nitrogens is 1. The van der Waals surface area contributed by atoms with Crippen molar-refractivity contribution >= 4 is 21.6 Å². The average molecular weight is 269 g/mol. The lowest BCUT2D eigenvalue weighted by atomic mass is 10.2. The normalized spacial score (nSPS) is 11.9. The Kier molecular flexibility index (Phi) is 3.20. The second-order valence-electron chi connectivity index (χ2n) is 4.11. The Balaban J connectivity index is 2.18. The number of nitrogens with zero attached hydrogens (tertiary/aromatic N) is 3. The molecule has 1 heterocycles. The standard InChI is InChI=1S/C14H11N3OS/c18-16-15-14-17(10-11-6-2-1-3-7-11)12-8-4-5-9-13(12)19-14/h1-9H,10H2/b15-14-. The molecule has 0 unspecified atom stereocenters. The lowest BCUT2D eigenvalue weighted by Gasteiger charge is -2.04. The van der Waals surface area contributed by atoms with Gasteiger partial charge in [-0.05, 0) is 17.7 Å². The summed E-state index contributed by atoms with van der Waals surface area (Å²) in [5, 5.41) is 6.36. The summed E-state index contributed by atoms with van der Waals surface area (Å²) in [6, 6.07) is 18.1. The summed E-state index contributed by atoms with van der Waals surface area (Å²) in [7, 11) is 0. The highest BCUT2D eigenvalue weighted by molar-refractivity contribution is 7.16. The van der Waals surface area contributed by atoms with Crippen LogP contribution in [-0.4, -0.2) is 4.57 Å². The summed E-state index contributed by atoms with van der Waals surface area (Å²) in [5.74, 6) is 0. The van der Waals surface area contributed by atoms with Gasteiger partial charge in [0.05, 0.1) is 22.0 Å². The molecule has 3 aromatic rings. The van der Waals surface area contributed by atoms with Gasteiger partial charge in [-0.3, -0.25) is 0 Å². The first-order chi connectivity index (χ1) is 9.38. The quantitative estimate of drug-likeness (QED) is 0.531. The highest BCUT2D eigenvalue weighted by Crippen LogP contribution is 2.17. The molecule has 19 heavy (non-hydrogen) atoms. The third-order valence-electron chi connectivity index (χ3n) is 2.90. The van der Waals surface area contributed by atoms with Crippen molar-refractivity contribution in [3.63, 3.8) is 0 Å². The molecule has 0 N–H and O–H groups in total. The predicted octanol–water partition coefficient (Wildman–Crippen LogP) is 3.33. The Hall–Kier alpha value is -2.27. The fourth-order valence-electron chi connectivity index (χ4n) is 2.05. The Morgan fingerprint density at radius 2 is 1.74 bits per heavy atom. The smallest absolute Gasteiger partial charge is 0.215 e. The molecule has 0 aliphatic carbocycles. The van der Waals surface area contributed by atoms with Crippen LogP contribution in [0.15, 0.2) is 65.0 Å². The molecule has 0 saturated carbocycles. The highest BCUT2D eigenvalue weighted by atomic mass is 32.1. The number of fused-ring (bicyclic) bond motifs is 1. The van der Waals surface area contributed by atoms with Gasteiger partial charge < -0.3 is 4.57 Å². The van der Waals surface area contributed by atoms with Crippen LogP contribution in [0.2, 0.25) is 0 Å². The molecule has 2 aromatic carbocycles. The van der Waals surface area contributed by atoms with Crippen LogP contribution in [0.25, 0.3) is 10.2 Å². The van der Waals surface area contributed by atoms with E-state index in [1.807, 2.05) is 47.0 Å². The van der Waals surface area contributed by atoms with E-state index < -0.39 is 0 Å². The van der Waals surface area contributed by atoms with Gasteiger partial charge in [-0.2, -0.15) is 0 Å². The number of hydrogen-bond donors (Lipinski definition) is 0. The van der Waals surface area contributed by atoms with Crippen LogP contribution < -0.4 is 4.80 Å². The number of hydrogen-bond acceptors (Lipinski definition) is 3. The fourth-order valence-corrected chi connectivity index (χ4v) is 3.02. The molecule has 3 rings (SSSR count). The Bertz CT molecular complexity index is 774. The number of benzene rings is 2. The minimum Gasteiger partial charge on any atom is -0.310 e. The summed E-state index contributed by atoms with van der Waals surface area (Å²) >= 11 is 1.47. The SMILES string of the molecule is O=N/N=c1\sc2ccccc2n1Cc1ccccc1. The van der Waals surface area contributed by atoms with Gasteiger partial charge in [-0.15, -0.1) is 4.91 Å². The number of thiazole rings is 1. The molecule has 0 atom stereocenters. The molecule has 0 radical (unpaired) electrons. The Labute approximate surface area is 113 Å². The Morgan fingerprint density at radius 3 is 2.53 bits per heavy atom. The molecule has 5 heteroatoms. The second-order valence-corrected chi connectivity index (χ2v) is 5.11. The van der Waals surface area contributed by atoms with E-state index in [2.05, 4.69) is 22.5 Å². The van der Waals surface area contributed by atoms with Crippen LogP contribution in [-0.2, 0) is 6.54 Å². The predicted molar refractivity (Wildman–Crippen MR) is 76.7 cm³/mol. The monoisotopic (exact) mass is 269 g/mol. The summed E-state index contributed by atoms with van der Waals surface area (Å²) in [6.07, 6.45) is 0. The van der Waals surface area contributed by atoms with Crippen LogP contribution in [0.5, 0.6) is 0 Å². The largest absolute Gasteiger partial charge is 0.310 e. The van der Waals surface area contributed by atoms with E-state index in [1.54, 1.807) is 0 Å². The topological polar surface area (TPSA) is 46.7 Å². The van der Waals surface area contributed by atoms with E-state index in [9.17, 15) is 4.91 Å². The first kappa shape index (κ1) is 11.8. The van der Waals surface area contributed by atoms with Crippen molar-refractivity contribution in [2.75, 3.05) is 0 Å². The second kappa shape index (κ2) is 5.16. The molecule has 0 amide bonds. The van der Waals surface area contributed by atoms with Crippen molar-refractivity contribution in [2.24, 2.45) is 10.4 Å². The van der Waals surface area contributed by atoms with Crippen LogP contribution in [0.4, 0.5) is 0 Å². The van der Waals surface area contributed by atoms with Crippen molar-refractivity contribution < 1.29 is 0 Å². The first-order valence-electron chi connectivity index (χ1n) is 5.87. The third-order valence-corrected chi connectivity index (χ3v) is 3.95. The molecular weight excluding hydrogens is 258 g/mol. The van der Waals surface area contributed by atoms with Crippen LogP contribution in [0, 0.1) is 4.91 Å². The van der Waals surface area contributed by atoms with E-state index in [-0.39, 0.29) is 0 Å². The van der Waals surface area contributed by atoms with E-state index in [0.29, 0.717) is 11.3 Å². The average Bonchev–Trinajstić information content (AvgIpc) is 2.79. The maximum atomic E-state index is 10.4. The van der Waals surface area contributed by atoms with Crippen molar-refractivity contribution in [1.82, 2.24) is 4.57 Å². The van der Waals surface area contributed by atoms with Crippen molar-refractivity contribution in [3.05, 3.63) is 69.9 Å². The van der Waals surface area contributed by atoms with Gasteiger partial charge in [0, 0.05) is 0 Å². The highest BCUT2D eigenvalue weighted by Gasteiger charge is 2.06. The van der Waals surface area contributed by atoms with Crippen LogP contribution in [0.1, 0.15) is 5.56 Å².